The average Bonchev–Trinajstić information content (AvgIpc) is 2.45. The van der Waals surface area contributed by atoms with Gasteiger partial charge in [-0.15, -0.1) is 0 Å². The molecule has 0 saturated carbocycles. The highest BCUT2D eigenvalue weighted by molar-refractivity contribution is 5.91. The van der Waals surface area contributed by atoms with E-state index >= 15 is 0 Å². The Morgan fingerprint density at radius 1 is 0.654 bits per heavy atom. The van der Waals surface area contributed by atoms with Crippen LogP contribution in [-0.2, 0) is 15.7 Å². The van der Waals surface area contributed by atoms with Gasteiger partial charge in [0.05, 0.1) is 17.2 Å². The average molecular weight is 1150 g/mol. The first kappa shape index (κ1) is 59.7. The van der Waals surface area contributed by atoms with E-state index in [-0.39, 0.29) is 84.8 Å². The number of halogens is 3. The van der Waals surface area contributed by atoms with Crippen molar-refractivity contribution in [2.45, 2.75) is 196 Å². The van der Waals surface area contributed by atoms with Gasteiger partial charge < -0.3 is 44.5 Å². The van der Waals surface area contributed by atoms with Crippen LogP contribution in [0, 0.1) is 13.8 Å². The molecule has 1 aromatic heterocycles. The number of carbonyl (C=O) groups is 2. The van der Waals surface area contributed by atoms with E-state index in [2.05, 4.69) is 46.9 Å². The largest absolute Gasteiger partial charge is 0.454 e. The number of nitrogens with two attached hydrogens (primary N) is 6. The van der Waals surface area contributed by atoms with Gasteiger partial charge in [0.15, 0.2) is 30.3 Å². The Morgan fingerprint density at radius 3 is 1.47 bits per heavy atom. The molecule has 32 heteroatoms. The Hall–Kier alpha value is -7.39. The summed E-state index contributed by atoms with van der Waals surface area (Å²) in [6.45, 7) is 14.1. The lowest BCUT2D eigenvalue weighted by molar-refractivity contribution is -0.690. The maximum Gasteiger partial charge on any atom is 0.416 e. The Bertz CT molecular complexity index is 3070. The number of furan rings is 1. The number of hydrogen-bond acceptors (Lipinski definition) is 23. The summed E-state index contributed by atoms with van der Waals surface area (Å²) in [5.74, 6) is -7.18. The van der Waals surface area contributed by atoms with Crippen LogP contribution in [0.2, 0.25) is 0 Å². The van der Waals surface area contributed by atoms with Crippen molar-refractivity contribution in [1.29, 1.82) is 0 Å². The number of esters is 2. The number of aliphatic hydroxyl groups is 6. The van der Waals surface area contributed by atoms with Gasteiger partial charge >= 0.3 is 65.2 Å². The van der Waals surface area contributed by atoms with E-state index in [0.717, 1.165) is 18.6 Å². The molecule has 446 valence electrons. The molecule has 14 atom stereocenters. The lowest BCUT2D eigenvalue weighted by Gasteiger charge is -2.40. The van der Waals surface area contributed by atoms with Crippen LogP contribution in [0.3, 0.4) is 0 Å². The zero-order valence-corrected chi connectivity index (χ0v) is 45.2. The van der Waals surface area contributed by atoms with Gasteiger partial charge in [-0.05, 0) is 83.7 Å². The first-order chi connectivity index (χ1) is 37.2. The minimum Gasteiger partial charge on any atom is -0.454 e. The Labute approximate surface area is 463 Å². The highest BCUT2D eigenvalue weighted by Gasteiger charge is 2.83. The Kier molecular flexibility index (Phi) is 14.7. The number of hydrogen-bond donors (Lipinski definition) is 21. The zero-order valence-electron chi connectivity index (χ0n) is 45.2. The molecule has 27 N–H and O–H groups in total. The lowest BCUT2D eigenvalue weighted by Crippen LogP contribution is -2.91. The molecule has 9 aliphatic rings. The third kappa shape index (κ3) is 8.56. The molecule has 2 aromatic rings. The highest BCUT2D eigenvalue weighted by Crippen LogP contribution is 2.45. The Balaban J connectivity index is 0.000000164. The second kappa shape index (κ2) is 20.0. The maximum absolute atomic E-state index is 13.2. The first-order valence-electron chi connectivity index (χ1n) is 26.3. The minimum atomic E-state index is -4.66. The molecule has 29 nitrogen and oxygen atoms in total. The molecule has 3 fully saturated rings. The third-order valence-corrected chi connectivity index (χ3v) is 17.1. The number of aryl methyl sites for hydroxylation is 2. The van der Waals surface area contributed by atoms with Gasteiger partial charge in [0.1, 0.15) is 36.0 Å². The van der Waals surface area contributed by atoms with Crippen LogP contribution >= 0.6 is 0 Å². The fourth-order valence-corrected chi connectivity index (χ4v) is 13.7. The number of rotatable bonds is 7. The molecule has 0 amide bonds. The molecule has 9 aliphatic heterocycles. The molecule has 3 saturated heterocycles. The predicted molar refractivity (Wildman–Crippen MR) is 279 cm³/mol. The van der Waals surface area contributed by atoms with Crippen molar-refractivity contribution in [2.24, 2.45) is 34.4 Å². The second-order valence-electron chi connectivity index (χ2n) is 21.9. The van der Waals surface area contributed by atoms with Gasteiger partial charge in [0.25, 0.3) is 17.2 Å². The van der Waals surface area contributed by atoms with Gasteiger partial charge in [-0.2, -0.15) is 13.2 Å². The minimum absolute atomic E-state index is 0. The summed E-state index contributed by atoms with van der Waals surface area (Å²) in [5, 5.41) is 84.6. The molecule has 1 aromatic carbocycles. The summed E-state index contributed by atoms with van der Waals surface area (Å²) in [6, 6.07) is 1.97. The maximum atomic E-state index is 13.2. The molecule has 0 radical (unpaired) electrons. The smallest absolute Gasteiger partial charge is 0.416 e. The van der Waals surface area contributed by atoms with Gasteiger partial charge in [-0.25, -0.2) is 39.3 Å². The van der Waals surface area contributed by atoms with Crippen molar-refractivity contribution in [3.8, 4) is 0 Å². The molecular weight excluding hydrogens is 1070 g/mol. The van der Waals surface area contributed by atoms with Crippen molar-refractivity contribution in [2.75, 3.05) is 0 Å². The molecule has 0 aliphatic carbocycles. The van der Waals surface area contributed by atoms with Crippen molar-refractivity contribution in [3.05, 3.63) is 58.5 Å². The van der Waals surface area contributed by atoms with Crippen molar-refractivity contribution in [3.63, 3.8) is 0 Å². The molecular formula is C49H79F3N18O11+6. The summed E-state index contributed by atoms with van der Waals surface area (Å²) in [5.41, 5.74) is 30.8. The number of benzene rings is 1. The summed E-state index contributed by atoms with van der Waals surface area (Å²) < 4.78 is 60.5. The lowest BCUT2D eigenvalue weighted by atomic mass is 9.85. The molecule has 0 unspecified atom stereocenters. The molecule has 10 heterocycles. The molecule has 3 spiro atoms. The highest BCUT2D eigenvalue weighted by atomic mass is 19.4. The predicted octanol–water partition coefficient (Wildman–Crippen LogP) is -10.8. The normalized spacial score (nSPS) is 35.6. The van der Waals surface area contributed by atoms with E-state index < -0.39 is 94.4 Å². The molecule has 81 heavy (non-hydrogen) atoms. The number of ether oxygens (including phenoxy) is 2. The van der Waals surface area contributed by atoms with Gasteiger partial charge in [0, 0.05) is 6.42 Å². The van der Waals surface area contributed by atoms with E-state index in [1.54, 1.807) is 36.0 Å². The molecule has 0 bridgehead atoms. The Morgan fingerprint density at radius 2 is 1.06 bits per heavy atom. The van der Waals surface area contributed by atoms with Gasteiger partial charge in [0.2, 0.25) is 11.5 Å². The van der Waals surface area contributed by atoms with E-state index in [9.17, 15) is 53.4 Å². The van der Waals surface area contributed by atoms with Gasteiger partial charge in [-0.1, -0.05) is 34.3 Å². The summed E-state index contributed by atoms with van der Waals surface area (Å²) in [6.07, 6.45) is -5.41. The fraction of sp³-hybridized carbons (Fsp3) is 0.633. The van der Waals surface area contributed by atoms with Gasteiger partial charge in [-0.3, -0.25) is 65.3 Å². The van der Waals surface area contributed by atoms with E-state index in [0.29, 0.717) is 36.6 Å². The van der Waals surface area contributed by atoms with Crippen molar-refractivity contribution in [1.82, 2.24) is 31.9 Å². The van der Waals surface area contributed by atoms with Crippen LogP contribution in [0.25, 0.3) is 0 Å². The zero-order chi connectivity index (χ0) is 58.9. The topological polar surface area (TPSA) is 466 Å². The fourth-order valence-electron chi connectivity index (χ4n) is 13.7. The van der Waals surface area contributed by atoms with Crippen molar-refractivity contribution >= 4 is 47.7 Å². The molecule has 11 rings (SSSR count). The summed E-state index contributed by atoms with van der Waals surface area (Å²) >= 11 is 0. The number of carbonyl (C=O) groups excluding carboxylic acids is 2. The van der Waals surface area contributed by atoms with Crippen LogP contribution in [0.15, 0.2) is 34.7 Å². The number of nitrogens with one attached hydrogen (secondary N) is 9. The first-order valence-corrected chi connectivity index (χ1v) is 26.3. The van der Waals surface area contributed by atoms with Crippen LogP contribution < -0.4 is 81.3 Å². The summed E-state index contributed by atoms with van der Waals surface area (Å²) in [4.78, 5) is 34.6. The van der Waals surface area contributed by atoms with E-state index in [4.69, 9.17) is 48.3 Å². The van der Waals surface area contributed by atoms with Crippen LogP contribution in [-0.4, -0.2) is 193 Å². The standard InChI is InChI=1S/C20H25F3N6O4.C17H24N6O5.C11H20N6O2.CH4/c1-4-12-13-18(28-16(24)27-13)19(31,32)14(9(3)29(18)17(25)26-12)33-15(30)11-7-10(20(21,22)23)6-5-8(11)2;1-4-9-11-16(22-14(18)21-11)17(25,26)12(8(3)23(16)15(19)20-9)28-13(24)10-6-5-7(2)27-10;1-3-6-7-11(16-8(12)15-7)10(18,19)4-5(2)17(11)9(13)14-6;/h5-7,9,12-14,31-32H,4H2,1-3H3,(H5,24,25,26,27,28);5-6,8-9,11-12,25-26H,4H2,1-3H3,(H5,18,19,20,21,22);5-7,18-19H,3-4H2,1-2H3,(H5,12,13,14,15,16);1H4/p+6/t9-,12-,13-,14-,18-;8-,9-,11-,12-,16-;5-,6-,7-,11-;/m000./s1. The van der Waals surface area contributed by atoms with Crippen LogP contribution in [0.4, 0.5) is 13.2 Å². The third-order valence-electron chi connectivity index (χ3n) is 17.1. The van der Waals surface area contributed by atoms with E-state index in [1.165, 1.54) is 17.6 Å². The monoisotopic (exact) mass is 1150 g/mol. The second-order valence-corrected chi connectivity index (χ2v) is 21.9. The van der Waals surface area contributed by atoms with E-state index in [1.807, 2.05) is 27.7 Å². The summed E-state index contributed by atoms with van der Waals surface area (Å²) in [7, 11) is 0. The quantitative estimate of drug-likeness (QED) is 0.0695. The van der Waals surface area contributed by atoms with Crippen molar-refractivity contribution < 1.29 is 96.0 Å². The van der Waals surface area contributed by atoms with Crippen LogP contribution in [0.5, 0.6) is 0 Å². The number of nitrogens with zero attached hydrogens (tertiary/aromatic N) is 3. The SMILES string of the molecule is C.CC[C@@H]1NC(N)=[N+]2[C@@H](C)CC(O)(O)[C@@]23NC(N)=[NH+][C@@H]13.CC[C@@H]1NC(N)=[N+]2[C@@H](C)[C@H](OC(=O)c3cc(C(F)(F)F)ccc3C)C(O)(O)[C@@]23NC(N)=[NH+][C@@H]13.CC[C@@H]1NC(N)=[N+]2[C@@H](C)[C@H](OC(=O)c3ccc(C)o3)C(O)(O)[C@@]23NC(N)=[NH+][C@@H]13. The number of alkyl halides is 3. The number of guanidine groups is 6. The van der Waals surface area contributed by atoms with Crippen LogP contribution in [0.1, 0.15) is 112 Å².